The quantitative estimate of drug-likeness (QED) is 0.728. The van der Waals surface area contributed by atoms with Gasteiger partial charge in [0, 0.05) is 6.04 Å². The molecule has 2 atom stereocenters. The molecule has 5 heteroatoms. The molecule has 1 aromatic carbocycles. The molecule has 2 aliphatic rings. The summed E-state index contributed by atoms with van der Waals surface area (Å²) in [6.07, 6.45) is 2.64. The van der Waals surface area contributed by atoms with Crippen LogP contribution in [0.3, 0.4) is 0 Å². The number of nitrogens with one attached hydrogen (secondary N) is 2. The van der Waals surface area contributed by atoms with Gasteiger partial charge in [0.15, 0.2) is 0 Å². The first-order valence-electron chi connectivity index (χ1n) is 6.23. The van der Waals surface area contributed by atoms with Gasteiger partial charge in [-0.1, -0.05) is 12.1 Å². The maximum atomic E-state index is 10.9. The summed E-state index contributed by atoms with van der Waals surface area (Å²) in [5.74, 6) is 0.150. The van der Waals surface area contributed by atoms with Crippen molar-refractivity contribution in [2.24, 2.45) is 0 Å². The first-order chi connectivity index (χ1) is 8.74. The number of ether oxygens (including phenoxy) is 1. The number of carbonyl (C=O) groups is 1. The van der Waals surface area contributed by atoms with Gasteiger partial charge < -0.3 is 9.84 Å². The van der Waals surface area contributed by atoms with Gasteiger partial charge in [0.1, 0.15) is 11.8 Å². The minimum absolute atomic E-state index is 0.0540. The van der Waals surface area contributed by atoms with Gasteiger partial charge in [0.2, 0.25) is 0 Å². The lowest BCUT2D eigenvalue weighted by Crippen LogP contribution is -2.36. The first-order valence-corrected chi connectivity index (χ1v) is 6.23. The Morgan fingerprint density at radius 2 is 2.28 bits per heavy atom. The van der Waals surface area contributed by atoms with Crippen LogP contribution in [0.15, 0.2) is 18.2 Å². The highest BCUT2D eigenvalue weighted by atomic mass is 16.5. The smallest absolute Gasteiger partial charge is 0.322 e. The summed E-state index contributed by atoms with van der Waals surface area (Å²) in [6, 6.07) is 5.66. The Kier molecular flexibility index (Phi) is 2.93. The number of hydrogen-bond acceptors (Lipinski definition) is 4. The van der Waals surface area contributed by atoms with Crippen molar-refractivity contribution < 1.29 is 14.6 Å². The molecule has 1 fully saturated rings. The highest BCUT2D eigenvalue weighted by Gasteiger charge is 2.30. The van der Waals surface area contributed by atoms with Crippen molar-refractivity contribution in [3.63, 3.8) is 0 Å². The molecule has 96 valence electrons. The molecule has 5 nitrogen and oxygen atoms in total. The summed E-state index contributed by atoms with van der Waals surface area (Å²) < 4.78 is 5.57. The normalized spacial score (nSPS) is 26.4. The standard InChI is InChI=1S/C13H16N2O3/c16-13(17)11-7-10(14-15-11)8-3-4-12-9(6-8)2-1-5-18-12/h3-4,6,10-11,14-15H,1-2,5,7H2,(H,16,17). The number of aliphatic carboxylic acids is 1. The highest BCUT2D eigenvalue weighted by Crippen LogP contribution is 2.30. The second-order valence-electron chi connectivity index (χ2n) is 4.79. The van der Waals surface area contributed by atoms with Crippen LogP contribution in [0.2, 0.25) is 0 Å². The van der Waals surface area contributed by atoms with Crippen LogP contribution >= 0.6 is 0 Å². The van der Waals surface area contributed by atoms with Crippen LogP contribution in [0.5, 0.6) is 5.75 Å². The Bertz CT molecular complexity index is 475. The van der Waals surface area contributed by atoms with E-state index < -0.39 is 12.0 Å². The fourth-order valence-corrected chi connectivity index (χ4v) is 2.53. The topological polar surface area (TPSA) is 70.6 Å². The molecule has 2 unspecified atom stereocenters. The molecular formula is C13H16N2O3. The van der Waals surface area contributed by atoms with Crippen molar-refractivity contribution in [1.29, 1.82) is 0 Å². The van der Waals surface area contributed by atoms with E-state index in [1.165, 1.54) is 5.56 Å². The number of hydrogen-bond donors (Lipinski definition) is 3. The largest absolute Gasteiger partial charge is 0.493 e. The summed E-state index contributed by atoms with van der Waals surface area (Å²) in [4.78, 5) is 10.9. The zero-order valence-corrected chi connectivity index (χ0v) is 9.98. The van der Waals surface area contributed by atoms with Gasteiger partial charge in [-0.2, -0.15) is 0 Å². The third-order valence-corrected chi connectivity index (χ3v) is 3.54. The monoisotopic (exact) mass is 248 g/mol. The van der Waals surface area contributed by atoms with Crippen LogP contribution in [0.25, 0.3) is 0 Å². The van der Waals surface area contributed by atoms with Gasteiger partial charge in [-0.15, -0.1) is 0 Å². The number of fused-ring (bicyclic) bond motifs is 1. The molecular weight excluding hydrogens is 232 g/mol. The summed E-state index contributed by atoms with van der Waals surface area (Å²) in [5.41, 5.74) is 8.19. The van der Waals surface area contributed by atoms with Crippen LogP contribution in [0.4, 0.5) is 0 Å². The van der Waals surface area contributed by atoms with E-state index in [4.69, 9.17) is 9.84 Å². The number of carboxylic acids is 1. The van der Waals surface area contributed by atoms with E-state index in [-0.39, 0.29) is 6.04 Å². The van der Waals surface area contributed by atoms with Crippen LogP contribution in [-0.2, 0) is 11.2 Å². The third-order valence-electron chi connectivity index (χ3n) is 3.54. The maximum absolute atomic E-state index is 10.9. The van der Waals surface area contributed by atoms with E-state index in [2.05, 4.69) is 16.9 Å². The van der Waals surface area contributed by atoms with Crippen molar-refractivity contribution in [3.8, 4) is 5.75 Å². The molecule has 0 saturated carbocycles. The SMILES string of the molecule is O=C(O)C1CC(c2ccc3c(c2)CCCO3)NN1. The maximum Gasteiger partial charge on any atom is 0.322 e. The molecule has 3 rings (SSSR count). The summed E-state index contributed by atoms with van der Waals surface area (Å²) >= 11 is 0. The Balaban J connectivity index is 1.79. The Hall–Kier alpha value is -1.59. The van der Waals surface area contributed by atoms with Crippen LogP contribution in [0, 0.1) is 0 Å². The predicted molar refractivity (Wildman–Crippen MR) is 65.3 cm³/mol. The molecule has 2 heterocycles. The number of carboxylic acid groups (broad SMARTS) is 1. The highest BCUT2D eigenvalue weighted by molar-refractivity contribution is 5.73. The van der Waals surface area contributed by atoms with Crippen molar-refractivity contribution in [3.05, 3.63) is 29.3 Å². The second-order valence-corrected chi connectivity index (χ2v) is 4.79. The molecule has 1 aromatic rings. The van der Waals surface area contributed by atoms with Crippen LogP contribution < -0.4 is 15.6 Å². The third kappa shape index (κ3) is 2.07. The van der Waals surface area contributed by atoms with Crippen LogP contribution in [0.1, 0.15) is 30.0 Å². The van der Waals surface area contributed by atoms with Crippen LogP contribution in [-0.4, -0.2) is 23.7 Å². The zero-order chi connectivity index (χ0) is 12.5. The number of benzene rings is 1. The lowest BCUT2D eigenvalue weighted by atomic mass is 9.97. The fraction of sp³-hybridized carbons (Fsp3) is 0.462. The van der Waals surface area contributed by atoms with Gasteiger partial charge in [0.05, 0.1) is 6.61 Å². The van der Waals surface area contributed by atoms with Crippen molar-refractivity contribution in [1.82, 2.24) is 10.9 Å². The Morgan fingerprint density at radius 3 is 3.06 bits per heavy atom. The zero-order valence-electron chi connectivity index (χ0n) is 9.98. The molecule has 3 N–H and O–H groups in total. The molecule has 0 spiro atoms. The van der Waals surface area contributed by atoms with E-state index >= 15 is 0 Å². The number of aryl methyl sites for hydroxylation is 1. The summed E-state index contributed by atoms with van der Waals surface area (Å²) in [6.45, 7) is 0.788. The van der Waals surface area contributed by atoms with E-state index in [1.807, 2.05) is 12.1 Å². The Labute approximate surface area is 105 Å². The van der Waals surface area contributed by atoms with E-state index in [9.17, 15) is 4.79 Å². The average molecular weight is 248 g/mol. The minimum atomic E-state index is -0.814. The van der Waals surface area contributed by atoms with Gasteiger partial charge in [-0.3, -0.25) is 4.79 Å². The number of hydrazine groups is 1. The summed E-state index contributed by atoms with van der Waals surface area (Å²) in [5, 5.41) is 8.95. The minimum Gasteiger partial charge on any atom is -0.493 e. The molecule has 0 aliphatic carbocycles. The van der Waals surface area contributed by atoms with E-state index in [0.29, 0.717) is 6.42 Å². The van der Waals surface area contributed by atoms with Gasteiger partial charge in [-0.05, 0) is 36.5 Å². The van der Waals surface area contributed by atoms with E-state index in [1.54, 1.807) is 0 Å². The molecule has 18 heavy (non-hydrogen) atoms. The van der Waals surface area contributed by atoms with Crippen molar-refractivity contribution in [2.45, 2.75) is 31.3 Å². The lowest BCUT2D eigenvalue weighted by Gasteiger charge is -2.19. The van der Waals surface area contributed by atoms with Crippen molar-refractivity contribution >= 4 is 5.97 Å². The molecule has 2 aliphatic heterocycles. The fourth-order valence-electron chi connectivity index (χ4n) is 2.53. The second kappa shape index (κ2) is 4.59. The molecule has 0 bridgehead atoms. The Morgan fingerprint density at radius 1 is 1.39 bits per heavy atom. The average Bonchev–Trinajstić information content (AvgIpc) is 2.88. The molecule has 0 amide bonds. The van der Waals surface area contributed by atoms with E-state index in [0.717, 1.165) is 30.8 Å². The van der Waals surface area contributed by atoms with Gasteiger partial charge in [-0.25, -0.2) is 10.9 Å². The molecule has 1 saturated heterocycles. The first kappa shape index (κ1) is 11.5. The van der Waals surface area contributed by atoms with Gasteiger partial charge in [0.25, 0.3) is 0 Å². The number of rotatable bonds is 2. The van der Waals surface area contributed by atoms with Gasteiger partial charge >= 0.3 is 5.97 Å². The molecule has 0 radical (unpaired) electrons. The predicted octanol–water partition coefficient (Wildman–Crippen LogP) is 1.00. The summed E-state index contributed by atoms with van der Waals surface area (Å²) in [7, 11) is 0. The van der Waals surface area contributed by atoms with Crippen molar-refractivity contribution in [2.75, 3.05) is 6.61 Å². The lowest BCUT2D eigenvalue weighted by molar-refractivity contribution is -0.139. The molecule has 0 aromatic heterocycles.